The van der Waals surface area contributed by atoms with E-state index in [-0.39, 0.29) is 24.3 Å². The molecule has 2 amide bonds. The van der Waals surface area contributed by atoms with Crippen LogP contribution in [0, 0.1) is 5.92 Å². The highest BCUT2D eigenvalue weighted by Crippen LogP contribution is 2.29. The summed E-state index contributed by atoms with van der Waals surface area (Å²) in [5.74, 6) is -0.347. The normalized spacial score (nSPS) is 17.3. The number of halogens is 2. The molecule has 120 valence electrons. The SMILES string of the molecule is CCN(CC(=O)Nc1c(Cl)cccc1Cl)C(=O)C1CCNC1. The second-order valence-corrected chi connectivity index (χ2v) is 6.00. The van der Waals surface area contributed by atoms with Crippen LogP contribution in [0.3, 0.4) is 0 Å². The molecule has 1 aliphatic heterocycles. The molecule has 5 nitrogen and oxygen atoms in total. The molecule has 1 saturated heterocycles. The van der Waals surface area contributed by atoms with Gasteiger partial charge < -0.3 is 15.5 Å². The number of para-hydroxylation sites is 1. The van der Waals surface area contributed by atoms with E-state index in [4.69, 9.17) is 23.2 Å². The Hall–Kier alpha value is -1.30. The van der Waals surface area contributed by atoms with Crippen molar-refractivity contribution < 1.29 is 9.59 Å². The molecule has 0 spiro atoms. The highest BCUT2D eigenvalue weighted by Gasteiger charge is 2.27. The predicted octanol–water partition coefficient (Wildman–Crippen LogP) is 2.39. The van der Waals surface area contributed by atoms with Crippen LogP contribution < -0.4 is 10.6 Å². The van der Waals surface area contributed by atoms with E-state index in [1.165, 1.54) is 0 Å². The van der Waals surface area contributed by atoms with Crippen molar-refractivity contribution in [2.45, 2.75) is 13.3 Å². The minimum absolute atomic E-state index is 0.00656. The van der Waals surface area contributed by atoms with E-state index in [0.29, 0.717) is 28.8 Å². The van der Waals surface area contributed by atoms with Crippen molar-refractivity contribution in [2.24, 2.45) is 5.92 Å². The van der Waals surface area contributed by atoms with Gasteiger partial charge in [0.1, 0.15) is 0 Å². The summed E-state index contributed by atoms with van der Waals surface area (Å²) in [6, 6.07) is 5.00. The first-order chi connectivity index (χ1) is 10.5. The van der Waals surface area contributed by atoms with Crippen LogP contribution in [0.5, 0.6) is 0 Å². The quantitative estimate of drug-likeness (QED) is 0.862. The molecule has 2 rings (SSSR count). The van der Waals surface area contributed by atoms with E-state index in [1.54, 1.807) is 23.1 Å². The minimum Gasteiger partial charge on any atom is -0.333 e. The number of amides is 2. The van der Waals surface area contributed by atoms with Crippen molar-refractivity contribution >= 4 is 40.7 Å². The first kappa shape index (κ1) is 17.1. The van der Waals surface area contributed by atoms with Crippen LogP contribution in [0.4, 0.5) is 5.69 Å². The van der Waals surface area contributed by atoms with Crippen LogP contribution in [-0.2, 0) is 9.59 Å². The number of rotatable bonds is 5. The predicted molar refractivity (Wildman–Crippen MR) is 88.3 cm³/mol. The number of benzene rings is 1. The Morgan fingerprint density at radius 3 is 2.59 bits per heavy atom. The number of carbonyl (C=O) groups excluding carboxylic acids is 2. The van der Waals surface area contributed by atoms with E-state index in [2.05, 4.69) is 10.6 Å². The van der Waals surface area contributed by atoms with Gasteiger partial charge in [-0.2, -0.15) is 0 Å². The Labute approximate surface area is 139 Å². The van der Waals surface area contributed by atoms with E-state index < -0.39 is 0 Å². The zero-order chi connectivity index (χ0) is 16.1. The summed E-state index contributed by atoms with van der Waals surface area (Å²) in [6.07, 6.45) is 0.813. The number of carbonyl (C=O) groups is 2. The molecule has 2 N–H and O–H groups in total. The molecule has 1 heterocycles. The first-order valence-corrected chi connectivity index (χ1v) is 8.02. The Kier molecular flexibility index (Phi) is 6.06. The van der Waals surface area contributed by atoms with Crippen LogP contribution in [0.25, 0.3) is 0 Å². The minimum atomic E-state index is -0.309. The Morgan fingerprint density at radius 1 is 1.36 bits per heavy atom. The van der Waals surface area contributed by atoms with Crippen LogP contribution in [0.15, 0.2) is 18.2 Å². The summed E-state index contributed by atoms with van der Waals surface area (Å²) in [6.45, 7) is 3.85. The van der Waals surface area contributed by atoms with Crippen molar-refractivity contribution in [1.82, 2.24) is 10.2 Å². The average Bonchev–Trinajstić information content (AvgIpc) is 3.02. The lowest BCUT2D eigenvalue weighted by Gasteiger charge is -2.23. The van der Waals surface area contributed by atoms with Gasteiger partial charge in [-0.1, -0.05) is 29.3 Å². The zero-order valence-electron chi connectivity index (χ0n) is 12.4. The van der Waals surface area contributed by atoms with Crippen molar-refractivity contribution in [2.75, 3.05) is 31.5 Å². The lowest BCUT2D eigenvalue weighted by Crippen LogP contribution is -2.41. The van der Waals surface area contributed by atoms with Gasteiger partial charge in [-0.05, 0) is 32.0 Å². The van der Waals surface area contributed by atoms with E-state index in [0.717, 1.165) is 13.0 Å². The number of likely N-dealkylation sites (N-methyl/N-ethyl adjacent to an activating group) is 1. The number of hydrogen-bond acceptors (Lipinski definition) is 3. The van der Waals surface area contributed by atoms with Gasteiger partial charge in [-0.3, -0.25) is 9.59 Å². The van der Waals surface area contributed by atoms with Crippen molar-refractivity contribution in [3.63, 3.8) is 0 Å². The van der Waals surface area contributed by atoms with Crippen molar-refractivity contribution in [3.8, 4) is 0 Å². The maximum Gasteiger partial charge on any atom is 0.244 e. The van der Waals surface area contributed by atoms with E-state index in [9.17, 15) is 9.59 Å². The fourth-order valence-electron chi connectivity index (χ4n) is 2.44. The number of hydrogen-bond donors (Lipinski definition) is 2. The fourth-order valence-corrected chi connectivity index (χ4v) is 2.93. The third-order valence-electron chi connectivity index (χ3n) is 3.66. The van der Waals surface area contributed by atoms with Gasteiger partial charge in [0.25, 0.3) is 0 Å². The molecule has 1 unspecified atom stereocenters. The van der Waals surface area contributed by atoms with E-state index in [1.807, 2.05) is 6.92 Å². The Morgan fingerprint density at radius 2 is 2.05 bits per heavy atom. The Balaban J connectivity index is 1.98. The monoisotopic (exact) mass is 343 g/mol. The molecule has 1 fully saturated rings. The second-order valence-electron chi connectivity index (χ2n) is 5.19. The molecule has 0 radical (unpaired) electrons. The van der Waals surface area contributed by atoms with Gasteiger partial charge >= 0.3 is 0 Å². The highest BCUT2D eigenvalue weighted by atomic mass is 35.5. The molecule has 22 heavy (non-hydrogen) atoms. The highest BCUT2D eigenvalue weighted by molar-refractivity contribution is 6.39. The summed E-state index contributed by atoms with van der Waals surface area (Å²) in [5.41, 5.74) is 0.377. The van der Waals surface area contributed by atoms with Crippen molar-refractivity contribution in [1.29, 1.82) is 0 Å². The molecule has 0 saturated carbocycles. The van der Waals surface area contributed by atoms with Crippen LogP contribution in [-0.4, -0.2) is 42.9 Å². The van der Waals surface area contributed by atoms with Gasteiger partial charge in [-0.25, -0.2) is 0 Å². The second kappa shape index (κ2) is 7.81. The van der Waals surface area contributed by atoms with Gasteiger partial charge in [0, 0.05) is 13.1 Å². The van der Waals surface area contributed by atoms with E-state index >= 15 is 0 Å². The first-order valence-electron chi connectivity index (χ1n) is 7.26. The third kappa shape index (κ3) is 4.12. The third-order valence-corrected chi connectivity index (χ3v) is 4.29. The molecular formula is C15H19Cl2N3O2. The lowest BCUT2D eigenvalue weighted by molar-refractivity contribution is -0.137. The molecule has 0 aromatic heterocycles. The molecule has 1 aromatic carbocycles. The maximum atomic E-state index is 12.4. The van der Waals surface area contributed by atoms with Gasteiger partial charge in [-0.15, -0.1) is 0 Å². The van der Waals surface area contributed by atoms with Crippen molar-refractivity contribution in [3.05, 3.63) is 28.2 Å². The standard InChI is InChI=1S/C15H19Cl2N3O2/c1-2-20(15(22)10-6-7-18-8-10)9-13(21)19-14-11(16)4-3-5-12(14)17/h3-5,10,18H,2,6-9H2,1H3,(H,19,21). The zero-order valence-corrected chi connectivity index (χ0v) is 13.9. The van der Waals surface area contributed by atoms with Crippen LogP contribution >= 0.6 is 23.2 Å². The summed E-state index contributed by atoms with van der Waals surface area (Å²) in [7, 11) is 0. The molecular weight excluding hydrogens is 325 g/mol. The maximum absolute atomic E-state index is 12.4. The molecule has 0 bridgehead atoms. The fraction of sp³-hybridized carbons (Fsp3) is 0.467. The van der Waals surface area contributed by atoms with Crippen LogP contribution in [0.2, 0.25) is 10.0 Å². The molecule has 0 aliphatic carbocycles. The topological polar surface area (TPSA) is 61.4 Å². The van der Waals surface area contributed by atoms with Crippen LogP contribution in [0.1, 0.15) is 13.3 Å². The number of anilines is 1. The molecule has 1 aliphatic rings. The summed E-state index contributed by atoms with van der Waals surface area (Å²) in [4.78, 5) is 26.1. The number of nitrogens with zero attached hydrogens (tertiary/aromatic N) is 1. The molecule has 1 atom stereocenters. The van der Waals surface area contributed by atoms with Gasteiger partial charge in [0.15, 0.2) is 0 Å². The molecule has 1 aromatic rings. The smallest absolute Gasteiger partial charge is 0.244 e. The Bertz CT molecular complexity index is 539. The lowest BCUT2D eigenvalue weighted by atomic mass is 10.1. The molecule has 7 heteroatoms. The van der Waals surface area contributed by atoms with Gasteiger partial charge in [0.2, 0.25) is 11.8 Å². The summed E-state index contributed by atoms with van der Waals surface area (Å²) < 4.78 is 0. The average molecular weight is 344 g/mol. The van der Waals surface area contributed by atoms with Gasteiger partial charge in [0.05, 0.1) is 28.2 Å². The summed E-state index contributed by atoms with van der Waals surface area (Å²) in [5, 5.41) is 6.57. The number of nitrogens with one attached hydrogen (secondary N) is 2. The summed E-state index contributed by atoms with van der Waals surface area (Å²) >= 11 is 12.0. The largest absolute Gasteiger partial charge is 0.333 e.